The number of Topliss-reactive ketones (excluding diaryl/α,β-unsaturated/α-hetero) is 1. The number of carbonyl (C=O) groups excluding carboxylic acids is 1. The van der Waals surface area contributed by atoms with E-state index in [1.807, 2.05) is 0 Å². The number of ketones is 1. The molecule has 1 fully saturated rings. The Kier molecular flexibility index (Phi) is 3.69. The van der Waals surface area contributed by atoms with E-state index in [2.05, 4.69) is 37.5 Å². The number of hydrogen-bond acceptors (Lipinski definition) is 3. The van der Waals surface area contributed by atoms with Crippen LogP contribution in [0.1, 0.15) is 33.6 Å². The average Bonchev–Trinajstić information content (AvgIpc) is 2.33. The number of rotatable bonds is 2. The van der Waals surface area contributed by atoms with Crippen LogP contribution in [0.2, 0.25) is 0 Å². The quantitative estimate of drug-likeness (QED) is 0.763. The minimum absolute atomic E-state index is 0.180. The summed E-state index contributed by atoms with van der Waals surface area (Å²) in [5.41, 5.74) is 1.22. The van der Waals surface area contributed by atoms with Gasteiger partial charge in [-0.15, -0.1) is 0 Å². The molecule has 17 heavy (non-hydrogen) atoms. The lowest BCUT2D eigenvalue weighted by Gasteiger charge is -2.34. The average molecular weight is 236 g/mol. The summed E-state index contributed by atoms with van der Waals surface area (Å²) in [6.45, 7) is 9.61. The van der Waals surface area contributed by atoms with Gasteiger partial charge in [-0.3, -0.25) is 4.79 Å². The van der Waals surface area contributed by atoms with E-state index in [0.717, 1.165) is 31.6 Å². The van der Waals surface area contributed by atoms with Crippen LogP contribution < -0.4 is 10.6 Å². The largest absolute Gasteiger partial charge is 0.314 e. The van der Waals surface area contributed by atoms with Crippen molar-refractivity contribution in [2.24, 2.45) is 11.3 Å². The molecule has 0 bridgehead atoms. The molecule has 0 radical (unpaired) electrons. The zero-order chi connectivity index (χ0) is 12.5. The predicted octanol–water partition coefficient (Wildman–Crippen LogP) is 1.50. The Balaban J connectivity index is 2.13. The summed E-state index contributed by atoms with van der Waals surface area (Å²) in [7, 11) is 0. The smallest absolute Gasteiger partial charge is 0.158 e. The van der Waals surface area contributed by atoms with Gasteiger partial charge >= 0.3 is 0 Å². The van der Waals surface area contributed by atoms with Crippen LogP contribution in [0.15, 0.2) is 11.6 Å². The molecule has 0 aromatic rings. The van der Waals surface area contributed by atoms with E-state index in [9.17, 15) is 4.79 Å². The van der Waals surface area contributed by atoms with Gasteiger partial charge in [-0.25, -0.2) is 0 Å². The molecule has 1 aliphatic carbocycles. The standard InChI is InChI=1S/C14H24N2O/c1-10(12-9-15-6-7-16-12)11-8-14(2,3)5-4-13(11)17/h8,10,12,15-16H,4-7,9H2,1-3H3. The molecule has 3 nitrogen and oxygen atoms in total. The van der Waals surface area contributed by atoms with Gasteiger partial charge in [0.1, 0.15) is 0 Å². The first-order valence-electron chi connectivity index (χ1n) is 6.70. The maximum atomic E-state index is 12.0. The molecule has 2 aliphatic rings. The molecule has 96 valence electrons. The first kappa shape index (κ1) is 12.8. The molecule has 1 aliphatic heterocycles. The highest BCUT2D eigenvalue weighted by Gasteiger charge is 2.32. The van der Waals surface area contributed by atoms with Crippen molar-refractivity contribution >= 4 is 5.78 Å². The van der Waals surface area contributed by atoms with Gasteiger partial charge in [-0.2, -0.15) is 0 Å². The molecular weight excluding hydrogens is 212 g/mol. The van der Waals surface area contributed by atoms with Crippen LogP contribution in [0.5, 0.6) is 0 Å². The third-order valence-electron chi connectivity index (χ3n) is 4.03. The Labute approximate surface area is 104 Å². The zero-order valence-electron chi connectivity index (χ0n) is 11.2. The summed E-state index contributed by atoms with van der Waals surface area (Å²) in [4.78, 5) is 12.0. The summed E-state index contributed by atoms with van der Waals surface area (Å²) < 4.78 is 0. The molecule has 1 heterocycles. The number of piperazine rings is 1. The van der Waals surface area contributed by atoms with Crippen LogP contribution in [-0.2, 0) is 4.79 Å². The van der Waals surface area contributed by atoms with Crippen LogP contribution in [0.3, 0.4) is 0 Å². The Morgan fingerprint density at radius 1 is 1.41 bits per heavy atom. The fraction of sp³-hybridized carbons (Fsp3) is 0.786. The number of carbonyl (C=O) groups is 1. The van der Waals surface area contributed by atoms with Crippen molar-refractivity contribution in [1.82, 2.24) is 10.6 Å². The summed E-state index contributed by atoms with van der Waals surface area (Å²) in [5, 5.41) is 6.90. The summed E-state index contributed by atoms with van der Waals surface area (Å²) in [6, 6.07) is 0.396. The normalized spacial score (nSPS) is 30.9. The monoisotopic (exact) mass is 236 g/mol. The number of hydrogen-bond donors (Lipinski definition) is 2. The SMILES string of the molecule is CC(C1=CC(C)(C)CCC1=O)C1CNCCN1. The highest BCUT2D eigenvalue weighted by molar-refractivity contribution is 5.96. The second-order valence-electron chi connectivity index (χ2n) is 6.06. The third-order valence-corrected chi connectivity index (χ3v) is 4.03. The summed E-state index contributed by atoms with van der Waals surface area (Å²) in [5.74, 6) is 0.666. The highest BCUT2D eigenvalue weighted by atomic mass is 16.1. The molecule has 1 saturated heterocycles. The first-order chi connectivity index (χ1) is 7.99. The van der Waals surface area contributed by atoms with E-state index in [4.69, 9.17) is 0 Å². The summed E-state index contributed by atoms with van der Waals surface area (Å²) in [6.07, 6.45) is 3.90. The van der Waals surface area contributed by atoms with Crippen LogP contribution >= 0.6 is 0 Å². The van der Waals surface area contributed by atoms with E-state index in [1.165, 1.54) is 0 Å². The van der Waals surface area contributed by atoms with E-state index >= 15 is 0 Å². The van der Waals surface area contributed by atoms with E-state index in [-0.39, 0.29) is 5.41 Å². The minimum atomic E-state index is 0.180. The highest BCUT2D eigenvalue weighted by Crippen LogP contribution is 2.34. The maximum Gasteiger partial charge on any atom is 0.158 e. The molecule has 2 atom stereocenters. The van der Waals surface area contributed by atoms with Crippen molar-refractivity contribution in [2.75, 3.05) is 19.6 Å². The van der Waals surface area contributed by atoms with Gasteiger partial charge in [0.25, 0.3) is 0 Å². The Morgan fingerprint density at radius 2 is 2.18 bits per heavy atom. The lowest BCUT2D eigenvalue weighted by Crippen LogP contribution is -2.52. The van der Waals surface area contributed by atoms with Crippen molar-refractivity contribution < 1.29 is 4.79 Å². The molecule has 2 rings (SSSR count). The molecule has 2 unspecified atom stereocenters. The van der Waals surface area contributed by atoms with Crippen molar-refractivity contribution in [1.29, 1.82) is 0 Å². The molecule has 2 N–H and O–H groups in total. The van der Waals surface area contributed by atoms with Crippen molar-refractivity contribution in [3.63, 3.8) is 0 Å². The molecule has 0 spiro atoms. The van der Waals surface area contributed by atoms with Crippen LogP contribution in [-0.4, -0.2) is 31.5 Å². The fourth-order valence-corrected chi connectivity index (χ4v) is 2.79. The van der Waals surface area contributed by atoms with Crippen molar-refractivity contribution in [3.8, 4) is 0 Å². The van der Waals surface area contributed by atoms with Gasteiger partial charge in [0.15, 0.2) is 5.78 Å². The van der Waals surface area contributed by atoms with Crippen molar-refractivity contribution in [3.05, 3.63) is 11.6 Å². The Bertz CT molecular complexity index is 327. The second-order valence-corrected chi connectivity index (χ2v) is 6.06. The Morgan fingerprint density at radius 3 is 2.82 bits per heavy atom. The van der Waals surface area contributed by atoms with E-state index in [0.29, 0.717) is 24.2 Å². The third kappa shape index (κ3) is 2.96. The predicted molar refractivity (Wildman–Crippen MR) is 69.9 cm³/mol. The van der Waals surface area contributed by atoms with Crippen molar-refractivity contribution in [2.45, 2.75) is 39.7 Å². The molecule has 0 amide bonds. The van der Waals surface area contributed by atoms with Gasteiger partial charge < -0.3 is 10.6 Å². The van der Waals surface area contributed by atoms with Gasteiger partial charge in [0, 0.05) is 38.0 Å². The Hall–Kier alpha value is -0.670. The first-order valence-corrected chi connectivity index (χ1v) is 6.70. The van der Waals surface area contributed by atoms with Crippen LogP contribution in [0, 0.1) is 11.3 Å². The fourth-order valence-electron chi connectivity index (χ4n) is 2.79. The summed E-state index contributed by atoms with van der Waals surface area (Å²) >= 11 is 0. The van der Waals surface area contributed by atoms with Crippen LogP contribution in [0.4, 0.5) is 0 Å². The topological polar surface area (TPSA) is 41.1 Å². The number of allylic oxidation sites excluding steroid dienone is 1. The lowest BCUT2D eigenvalue weighted by molar-refractivity contribution is -0.117. The van der Waals surface area contributed by atoms with E-state index in [1.54, 1.807) is 0 Å². The zero-order valence-corrected chi connectivity index (χ0v) is 11.2. The number of nitrogens with one attached hydrogen (secondary N) is 2. The maximum absolute atomic E-state index is 12.0. The molecule has 0 aromatic heterocycles. The van der Waals surface area contributed by atoms with Gasteiger partial charge in [-0.1, -0.05) is 26.8 Å². The molecule has 3 heteroatoms. The van der Waals surface area contributed by atoms with Gasteiger partial charge in [0.2, 0.25) is 0 Å². The molecule has 0 saturated carbocycles. The molecular formula is C14H24N2O. The van der Waals surface area contributed by atoms with E-state index < -0.39 is 0 Å². The lowest BCUT2D eigenvalue weighted by atomic mass is 9.74. The van der Waals surface area contributed by atoms with Crippen LogP contribution in [0.25, 0.3) is 0 Å². The van der Waals surface area contributed by atoms with Gasteiger partial charge in [0.05, 0.1) is 0 Å². The second kappa shape index (κ2) is 4.91. The minimum Gasteiger partial charge on any atom is -0.314 e. The van der Waals surface area contributed by atoms with Gasteiger partial charge in [-0.05, 0) is 17.4 Å². The molecule has 0 aromatic carbocycles.